The number of likely N-dealkylation sites (N-methyl/N-ethyl adjacent to an activating group) is 1. The van der Waals surface area contributed by atoms with Crippen molar-refractivity contribution in [3.05, 3.63) is 35.9 Å². The first kappa shape index (κ1) is 12.6. The van der Waals surface area contributed by atoms with Crippen LogP contribution in [-0.2, 0) is 6.54 Å². The number of nitrogens with zero attached hydrogens (tertiary/aromatic N) is 2. The van der Waals surface area contributed by atoms with E-state index in [1.807, 2.05) is 0 Å². The largest absolute Gasteiger partial charge is 0.326 e. The smallest absolute Gasteiger partial charge is 0.0369 e. The molecule has 3 heteroatoms. The van der Waals surface area contributed by atoms with Gasteiger partial charge in [0.1, 0.15) is 0 Å². The van der Waals surface area contributed by atoms with Crippen LogP contribution < -0.4 is 5.73 Å². The third kappa shape index (κ3) is 3.28. The van der Waals surface area contributed by atoms with Gasteiger partial charge in [-0.15, -0.1) is 0 Å². The molecule has 17 heavy (non-hydrogen) atoms. The Hall–Kier alpha value is -0.900. The van der Waals surface area contributed by atoms with Crippen LogP contribution in [0.15, 0.2) is 30.3 Å². The van der Waals surface area contributed by atoms with Crippen LogP contribution in [0.4, 0.5) is 0 Å². The summed E-state index contributed by atoms with van der Waals surface area (Å²) in [5.74, 6) is 0. The molecule has 94 valence electrons. The lowest BCUT2D eigenvalue weighted by atomic mass is 10.1. The highest BCUT2D eigenvalue weighted by Crippen LogP contribution is 2.13. The van der Waals surface area contributed by atoms with Gasteiger partial charge in [0, 0.05) is 38.3 Å². The maximum absolute atomic E-state index is 6.04. The maximum atomic E-state index is 6.04. The van der Waals surface area contributed by atoms with Gasteiger partial charge in [-0.05, 0) is 19.5 Å². The van der Waals surface area contributed by atoms with E-state index < -0.39 is 0 Å². The van der Waals surface area contributed by atoms with Crippen LogP contribution in [0.3, 0.4) is 0 Å². The van der Waals surface area contributed by atoms with Gasteiger partial charge in [0.05, 0.1) is 0 Å². The number of nitrogens with two attached hydrogens (primary N) is 1. The molecular formula is C14H23N3. The van der Waals surface area contributed by atoms with Crippen molar-refractivity contribution >= 4 is 0 Å². The first-order chi connectivity index (χ1) is 8.16. The zero-order valence-electron chi connectivity index (χ0n) is 10.8. The van der Waals surface area contributed by atoms with E-state index >= 15 is 0 Å². The van der Waals surface area contributed by atoms with Gasteiger partial charge in [0.2, 0.25) is 0 Å². The van der Waals surface area contributed by atoms with Gasteiger partial charge in [-0.2, -0.15) is 0 Å². The molecule has 0 saturated carbocycles. The van der Waals surface area contributed by atoms with Crippen molar-refractivity contribution in [1.29, 1.82) is 0 Å². The van der Waals surface area contributed by atoms with Crippen LogP contribution in [0.5, 0.6) is 0 Å². The van der Waals surface area contributed by atoms with Crippen molar-refractivity contribution in [2.75, 3.05) is 26.7 Å². The molecule has 3 nitrogen and oxygen atoms in total. The molecule has 1 unspecified atom stereocenters. The Balaban J connectivity index is 1.95. The lowest BCUT2D eigenvalue weighted by Gasteiger charge is -2.41. The molecule has 1 aliphatic heterocycles. The van der Waals surface area contributed by atoms with Crippen molar-refractivity contribution in [2.45, 2.75) is 25.6 Å². The minimum absolute atomic E-state index is 0.235. The van der Waals surface area contributed by atoms with Crippen molar-refractivity contribution in [1.82, 2.24) is 9.80 Å². The summed E-state index contributed by atoms with van der Waals surface area (Å²) in [5, 5.41) is 0. The molecule has 1 saturated heterocycles. The van der Waals surface area contributed by atoms with Gasteiger partial charge in [0.15, 0.2) is 0 Å². The summed E-state index contributed by atoms with van der Waals surface area (Å²) in [5.41, 5.74) is 7.43. The lowest BCUT2D eigenvalue weighted by Crippen LogP contribution is -2.57. The second-order valence-electron chi connectivity index (χ2n) is 5.13. The summed E-state index contributed by atoms with van der Waals surface area (Å²) in [6.45, 7) is 6.46. The predicted molar refractivity (Wildman–Crippen MR) is 71.8 cm³/mol. The molecule has 0 spiro atoms. The summed E-state index contributed by atoms with van der Waals surface area (Å²) in [4.78, 5) is 4.88. The first-order valence-corrected chi connectivity index (χ1v) is 6.39. The van der Waals surface area contributed by atoms with Gasteiger partial charge in [0.25, 0.3) is 0 Å². The zero-order valence-corrected chi connectivity index (χ0v) is 10.8. The van der Waals surface area contributed by atoms with E-state index in [4.69, 9.17) is 5.73 Å². The quantitative estimate of drug-likeness (QED) is 0.850. The number of hydrogen-bond acceptors (Lipinski definition) is 3. The van der Waals surface area contributed by atoms with E-state index in [0.717, 1.165) is 26.2 Å². The average molecular weight is 233 g/mol. The normalized spacial score (nSPS) is 24.8. The van der Waals surface area contributed by atoms with Crippen LogP contribution in [0.2, 0.25) is 0 Å². The Bertz CT molecular complexity index is 337. The Morgan fingerprint density at radius 2 is 2.00 bits per heavy atom. The third-order valence-corrected chi connectivity index (χ3v) is 3.64. The van der Waals surface area contributed by atoms with Crippen LogP contribution in [0, 0.1) is 0 Å². The van der Waals surface area contributed by atoms with Crippen LogP contribution in [0.1, 0.15) is 12.5 Å². The topological polar surface area (TPSA) is 32.5 Å². The SMILES string of the molecule is C[C@@H](N)C1CN(Cc2ccccc2)CCN1C. The molecule has 1 fully saturated rings. The Morgan fingerprint density at radius 1 is 1.29 bits per heavy atom. The number of rotatable bonds is 3. The molecule has 1 aromatic carbocycles. The first-order valence-electron chi connectivity index (χ1n) is 6.39. The third-order valence-electron chi connectivity index (χ3n) is 3.64. The Labute approximate surface area is 104 Å². The van der Waals surface area contributed by atoms with Crippen molar-refractivity contribution in [2.24, 2.45) is 5.73 Å². The Kier molecular flexibility index (Phi) is 4.15. The Morgan fingerprint density at radius 3 is 2.65 bits per heavy atom. The fraction of sp³-hybridized carbons (Fsp3) is 0.571. The van der Waals surface area contributed by atoms with E-state index in [9.17, 15) is 0 Å². The van der Waals surface area contributed by atoms with E-state index in [1.54, 1.807) is 0 Å². The highest BCUT2D eigenvalue weighted by Gasteiger charge is 2.26. The minimum Gasteiger partial charge on any atom is -0.326 e. The molecule has 1 heterocycles. The van der Waals surface area contributed by atoms with Crippen LogP contribution in [-0.4, -0.2) is 48.6 Å². The van der Waals surface area contributed by atoms with Gasteiger partial charge < -0.3 is 5.73 Å². The summed E-state index contributed by atoms with van der Waals surface area (Å²) in [7, 11) is 2.17. The van der Waals surface area contributed by atoms with E-state index in [1.165, 1.54) is 5.56 Å². The summed E-state index contributed by atoms with van der Waals surface area (Å²) < 4.78 is 0. The van der Waals surface area contributed by atoms with Gasteiger partial charge >= 0.3 is 0 Å². The maximum Gasteiger partial charge on any atom is 0.0369 e. The zero-order chi connectivity index (χ0) is 12.3. The molecule has 2 atom stereocenters. The molecule has 0 bridgehead atoms. The van der Waals surface area contributed by atoms with E-state index in [2.05, 4.69) is 54.1 Å². The molecular weight excluding hydrogens is 210 g/mol. The second kappa shape index (κ2) is 5.63. The van der Waals surface area contributed by atoms with Crippen molar-refractivity contribution in [3.8, 4) is 0 Å². The van der Waals surface area contributed by atoms with Crippen LogP contribution in [0.25, 0.3) is 0 Å². The fourth-order valence-corrected chi connectivity index (χ4v) is 2.51. The van der Waals surface area contributed by atoms with E-state index in [-0.39, 0.29) is 6.04 Å². The van der Waals surface area contributed by atoms with Gasteiger partial charge in [-0.3, -0.25) is 9.80 Å². The van der Waals surface area contributed by atoms with Gasteiger partial charge in [-0.1, -0.05) is 30.3 Å². The molecule has 1 aromatic rings. The summed E-state index contributed by atoms with van der Waals surface area (Å²) >= 11 is 0. The summed E-state index contributed by atoms with van der Waals surface area (Å²) in [6.07, 6.45) is 0. The standard InChI is InChI=1S/C14H23N3/c1-12(15)14-11-17(9-8-16(14)2)10-13-6-4-3-5-7-13/h3-7,12,14H,8-11,15H2,1-2H3/t12-,14?/m1/s1. The highest BCUT2D eigenvalue weighted by atomic mass is 15.3. The van der Waals surface area contributed by atoms with Crippen molar-refractivity contribution in [3.63, 3.8) is 0 Å². The summed E-state index contributed by atoms with van der Waals surface area (Å²) in [6, 6.07) is 11.4. The molecule has 0 radical (unpaired) electrons. The number of piperazine rings is 1. The predicted octanol–water partition coefficient (Wildman–Crippen LogP) is 1.15. The average Bonchev–Trinajstić information content (AvgIpc) is 2.32. The lowest BCUT2D eigenvalue weighted by molar-refractivity contribution is 0.0792. The number of hydrogen-bond donors (Lipinski definition) is 1. The molecule has 0 aromatic heterocycles. The monoisotopic (exact) mass is 233 g/mol. The molecule has 0 aliphatic carbocycles. The second-order valence-corrected chi connectivity index (χ2v) is 5.13. The highest BCUT2D eigenvalue weighted by molar-refractivity contribution is 5.14. The molecule has 1 aliphatic rings. The number of benzene rings is 1. The molecule has 2 N–H and O–H groups in total. The van der Waals surface area contributed by atoms with Crippen molar-refractivity contribution < 1.29 is 0 Å². The molecule has 2 rings (SSSR count). The van der Waals surface area contributed by atoms with E-state index in [0.29, 0.717) is 6.04 Å². The van der Waals surface area contributed by atoms with Gasteiger partial charge in [-0.25, -0.2) is 0 Å². The fourth-order valence-electron chi connectivity index (χ4n) is 2.51. The molecule has 0 amide bonds. The minimum atomic E-state index is 0.235. The van der Waals surface area contributed by atoms with Crippen LogP contribution >= 0.6 is 0 Å².